The van der Waals surface area contributed by atoms with Crippen LogP contribution >= 0.6 is 0 Å². The lowest BCUT2D eigenvalue weighted by molar-refractivity contribution is -0.120. The molecule has 5 rings (SSSR count). The van der Waals surface area contributed by atoms with E-state index < -0.39 is 0 Å². The lowest BCUT2D eigenvalue weighted by atomic mass is 9.86. The molecule has 1 amide bonds. The summed E-state index contributed by atoms with van der Waals surface area (Å²) in [4.78, 5) is 25.2. The molecule has 0 saturated carbocycles. The minimum atomic E-state index is -0.0742. The summed E-state index contributed by atoms with van der Waals surface area (Å²) in [6, 6.07) is 30.2. The molecule has 35 heavy (non-hydrogen) atoms. The standard InChI is InChI=1S/C30H29N3O2/c34-28(20-24-12-7-13-27-26(24)16-17-31-27)32-18-19-33-21-25(14-15-29(33)35)30(22-8-3-1-4-9-22)23-10-5-2-6-11-23/h1-15,21,30-31H,16-20H2,(H,32,34). The van der Waals surface area contributed by atoms with Gasteiger partial charge in [-0.1, -0.05) is 78.9 Å². The van der Waals surface area contributed by atoms with Gasteiger partial charge >= 0.3 is 0 Å². The quantitative estimate of drug-likeness (QED) is 0.408. The Hall–Kier alpha value is -4.12. The maximum Gasteiger partial charge on any atom is 0.250 e. The van der Waals surface area contributed by atoms with Crippen LogP contribution in [0.15, 0.2) is 102 Å². The first-order valence-electron chi connectivity index (χ1n) is 12.1. The van der Waals surface area contributed by atoms with E-state index in [1.807, 2.05) is 60.8 Å². The van der Waals surface area contributed by atoms with E-state index in [9.17, 15) is 9.59 Å². The van der Waals surface area contributed by atoms with Crippen LogP contribution in [0.3, 0.4) is 0 Å². The smallest absolute Gasteiger partial charge is 0.250 e. The number of anilines is 1. The molecule has 2 N–H and O–H groups in total. The third-order valence-corrected chi connectivity index (χ3v) is 6.59. The maximum atomic E-state index is 12.6. The number of fused-ring (bicyclic) bond motifs is 1. The monoisotopic (exact) mass is 463 g/mol. The second-order valence-electron chi connectivity index (χ2n) is 8.90. The summed E-state index contributed by atoms with van der Waals surface area (Å²) in [6.07, 6.45) is 3.23. The SMILES string of the molecule is O=C(Cc1cccc2c1CCN2)NCCn1cc(C(c2ccccc2)c2ccccc2)ccc1=O. The Morgan fingerprint density at radius 2 is 1.57 bits per heavy atom. The fourth-order valence-electron chi connectivity index (χ4n) is 4.90. The predicted molar refractivity (Wildman–Crippen MR) is 140 cm³/mol. The van der Waals surface area contributed by atoms with Crippen LogP contribution in [0.5, 0.6) is 0 Å². The molecular weight excluding hydrogens is 434 g/mol. The van der Waals surface area contributed by atoms with Crippen molar-refractivity contribution in [1.82, 2.24) is 9.88 Å². The van der Waals surface area contributed by atoms with Crippen molar-refractivity contribution in [3.8, 4) is 0 Å². The third-order valence-electron chi connectivity index (χ3n) is 6.59. The number of hydrogen-bond acceptors (Lipinski definition) is 3. The number of rotatable bonds is 8. The summed E-state index contributed by atoms with van der Waals surface area (Å²) in [5.41, 5.74) is 6.74. The van der Waals surface area contributed by atoms with Crippen molar-refractivity contribution in [3.63, 3.8) is 0 Å². The topological polar surface area (TPSA) is 63.1 Å². The molecule has 0 fully saturated rings. The largest absolute Gasteiger partial charge is 0.384 e. The van der Waals surface area contributed by atoms with Gasteiger partial charge in [0.05, 0.1) is 6.42 Å². The molecule has 5 heteroatoms. The van der Waals surface area contributed by atoms with Crippen LogP contribution in [0.4, 0.5) is 5.69 Å². The first-order chi connectivity index (χ1) is 17.2. The molecule has 1 aliphatic rings. The molecule has 0 unspecified atom stereocenters. The number of aromatic nitrogens is 1. The highest BCUT2D eigenvalue weighted by molar-refractivity contribution is 5.80. The van der Waals surface area contributed by atoms with Gasteiger partial charge in [0.25, 0.3) is 5.56 Å². The normalized spacial score (nSPS) is 12.3. The number of carbonyl (C=O) groups excluding carboxylic acids is 1. The lowest BCUT2D eigenvalue weighted by Gasteiger charge is -2.20. The Kier molecular flexibility index (Phi) is 6.75. The van der Waals surface area contributed by atoms with Gasteiger partial charge in [0.2, 0.25) is 5.91 Å². The van der Waals surface area contributed by atoms with Crippen LogP contribution in [-0.2, 0) is 24.2 Å². The molecule has 0 bridgehead atoms. The second-order valence-corrected chi connectivity index (χ2v) is 8.90. The van der Waals surface area contributed by atoms with E-state index in [2.05, 4.69) is 41.0 Å². The molecule has 5 nitrogen and oxygen atoms in total. The molecule has 3 aromatic carbocycles. The molecule has 0 spiro atoms. The van der Waals surface area contributed by atoms with Gasteiger partial charge in [0.1, 0.15) is 0 Å². The Balaban J connectivity index is 1.30. The third kappa shape index (κ3) is 5.19. The van der Waals surface area contributed by atoms with E-state index >= 15 is 0 Å². The van der Waals surface area contributed by atoms with E-state index in [0.29, 0.717) is 19.5 Å². The van der Waals surface area contributed by atoms with E-state index in [0.717, 1.165) is 29.8 Å². The Morgan fingerprint density at radius 3 is 2.29 bits per heavy atom. The maximum absolute atomic E-state index is 12.6. The first kappa shape index (κ1) is 22.7. The highest BCUT2D eigenvalue weighted by atomic mass is 16.1. The van der Waals surface area contributed by atoms with Crippen LogP contribution in [0.2, 0.25) is 0 Å². The van der Waals surface area contributed by atoms with Gasteiger partial charge in [-0.25, -0.2) is 0 Å². The van der Waals surface area contributed by atoms with Crippen molar-refractivity contribution in [2.75, 3.05) is 18.4 Å². The van der Waals surface area contributed by atoms with E-state index in [1.165, 1.54) is 16.7 Å². The van der Waals surface area contributed by atoms with Crippen molar-refractivity contribution in [2.45, 2.75) is 25.3 Å². The summed E-state index contributed by atoms with van der Waals surface area (Å²) < 4.78 is 1.69. The average Bonchev–Trinajstić information content (AvgIpc) is 3.37. The van der Waals surface area contributed by atoms with E-state index in [-0.39, 0.29) is 17.4 Å². The molecule has 1 aromatic heterocycles. The van der Waals surface area contributed by atoms with E-state index in [4.69, 9.17) is 0 Å². The van der Waals surface area contributed by atoms with Crippen LogP contribution in [0, 0.1) is 0 Å². The molecule has 0 atom stereocenters. The van der Waals surface area contributed by atoms with Gasteiger partial charge in [-0.05, 0) is 40.3 Å². The zero-order valence-electron chi connectivity index (χ0n) is 19.6. The minimum Gasteiger partial charge on any atom is -0.384 e. The second kappa shape index (κ2) is 10.4. The highest BCUT2D eigenvalue weighted by Gasteiger charge is 2.18. The average molecular weight is 464 g/mol. The number of amides is 1. The molecule has 4 aromatic rings. The van der Waals surface area contributed by atoms with Crippen molar-refractivity contribution in [3.05, 3.63) is 135 Å². The van der Waals surface area contributed by atoms with Gasteiger partial charge in [0, 0.05) is 43.5 Å². The highest BCUT2D eigenvalue weighted by Crippen LogP contribution is 2.31. The summed E-state index contributed by atoms with van der Waals surface area (Å²) in [7, 11) is 0. The summed E-state index contributed by atoms with van der Waals surface area (Å²) in [5, 5.41) is 6.34. The number of carbonyl (C=O) groups is 1. The van der Waals surface area contributed by atoms with Crippen molar-refractivity contribution < 1.29 is 4.79 Å². The fourth-order valence-corrected chi connectivity index (χ4v) is 4.90. The minimum absolute atomic E-state index is 0.0210. The van der Waals surface area contributed by atoms with Crippen molar-refractivity contribution >= 4 is 11.6 Å². The lowest BCUT2D eigenvalue weighted by Crippen LogP contribution is -2.31. The first-order valence-corrected chi connectivity index (χ1v) is 12.1. The van der Waals surface area contributed by atoms with Gasteiger partial charge in [0.15, 0.2) is 0 Å². The Labute approximate surface area is 205 Å². The number of benzene rings is 3. The van der Waals surface area contributed by atoms with Crippen molar-refractivity contribution in [2.24, 2.45) is 0 Å². The fraction of sp³-hybridized carbons (Fsp3) is 0.200. The van der Waals surface area contributed by atoms with Crippen LogP contribution in [0.25, 0.3) is 0 Å². The number of hydrogen-bond donors (Lipinski definition) is 2. The zero-order valence-corrected chi connectivity index (χ0v) is 19.6. The van der Waals surface area contributed by atoms with Crippen LogP contribution < -0.4 is 16.2 Å². The summed E-state index contributed by atoms with van der Waals surface area (Å²) >= 11 is 0. The molecule has 0 radical (unpaired) electrons. The van der Waals surface area contributed by atoms with Crippen LogP contribution in [-0.4, -0.2) is 23.6 Å². The van der Waals surface area contributed by atoms with Gasteiger partial charge in [-0.3, -0.25) is 9.59 Å². The van der Waals surface area contributed by atoms with Gasteiger partial charge in [-0.15, -0.1) is 0 Å². The summed E-state index contributed by atoms with van der Waals surface area (Å²) in [5.74, 6) is -0.00595. The van der Waals surface area contributed by atoms with Gasteiger partial charge in [-0.2, -0.15) is 0 Å². The molecule has 0 saturated heterocycles. The molecule has 2 heterocycles. The molecular formula is C30H29N3O2. The molecule has 1 aliphatic heterocycles. The Bertz CT molecular complexity index is 1320. The zero-order chi connectivity index (χ0) is 24.0. The number of nitrogens with zero attached hydrogens (tertiary/aromatic N) is 1. The van der Waals surface area contributed by atoms with E-state index in [1.54, 1.807) is 10.6 Å². The summed E-state index contributed by atoms with van der Waals surface area (Å²) in [6.45, 7) is 1.74. The number of pyridine rings is 1. The number of nitrogens with one attached hydrogen (secondary N) is 2. The molecule has 0 aliphatic carbocycles. The Morgan fingerprint density at radius 1 is 0.857 bits per heavy atom. The molecule has 176 valence electrons. The predicted octanol–water partition coefficient (Wildman–Crippen LogP) is 4.36. The van der Waals surface area contributed by atoms with Crippen LogP contribution in [0.1, 0.15) is 33.7 Å². The van der Waals surface area contributed by atoms with Gasteiger partial charge < -0.3 is 15.2 Å². The van der Waals surface area contributed by atoms with Crippen molar-refractivity contribution in [1.29, 1.82) is 0 Å².